The molecule has 0 aliphatic heterocycles. The molecule has 0 heterocycles. The van der Waals surface area contributed by atoms with Crippen molar-refractivity contribution in [2.75, 3.05) is 32.2 Å². The predicted octanol–water partition coefficient (Wildman–Crippen LogP) is 1.88. The van der Waals surface area contributed by atoms with E-state index in [-0.39, 0.29) is 25.7 Å². The van der Waals surface area contributed by atoms with Crippen molar-refractivity contribution in [1.29, 1.82) is 0 Å². The Hall–Kier alpha value is -3.43. The molecule has 2 aromatic carbocycles. The zero-order valence-electron chi connectivity index (χ0n) is 17.1. The Morgan fingerprint density at radius 1 is 1.13 bits per heavy atom. The molecule has 0 spiro atoms. The molecule has 9 nitrogen and oxygen atoms in total. The number of halogens is 1. The van der Waals surface area contributed by atoms with Gasteiger partial charge in [0, 0.05) is 29.9 Å². The maximum atomic E-state index is 12.2. The second-order valence-corrected chi connectivity index (χ2v) is 6.69. The van der Waals surface area contributed by atoms with Crippen LogP contribution in [0.4, 0.5) is 5.69 Å². The van der Waals surface area contributed by atoms with Gasteiger partial charge in [-0.1, -0.05) is 29.8 Å². The summed E-state index contributed by atoms with van der Waals surface area (Å²) in [5.74, 6) is -1.73. The minimum absolute atomic E-state index is 0.208. The molecule has 0 aliphatic rings. The number of carbonyl (C=O) groups is 3. The highest BCUT2D eigenvalue weighted by molar-refractivity contribution is 6.35. The van der Waals surface area contributed by atoms with E-state index in [0.717, 1.165) is 5.56 Å². The van der Waals surface area contributed by atoms with Crippen LogP contribution in [0.2, 0.25) is 5.02 Å². The molecule has 2 aromatic rings. The lowest BCUT2D eigenvalue weighted by atomic mass is 10.2. The molecule has 31 heavy (non-hydrogen) atoms. The van der Waals surface area contributed by atoms with Crippen LogP contribution < -0.4 is 20.8 Å². The molecule has 0 bridgehead atoms. The van der Waals surface area contributed by atoms with Crippen molar-refractivity contribution in [3.05, 3.63) is 58.6 Å². The number of amides is 3. The number of hydrogen-bond donors (Lipinski definition) is 3. The zero-order valence-corrected chi connectivity index (χ0v) is 17.9. The molecular weight excluding hydrogens is 424 g/mol. The molecule has 0 saturated carbocycles. The summed E-state index contributed by atoms with van der Waals surface area (Å²) in [6.07, 6.45) is 1.31. The van der Waals surface area contributed by atoms with E-state index in [1.54, 1.807) is 42.5 Å². The van der Waals surface area contributed by atoms with E-state index >= 15 is 0 Å². The summed E-state index contributed by atoms with van der Waals surface area (Å²) >= 11 is 6.06. The molecule has 10 heteroatoms. The van der Waals surface area contributed by atoms with Gasteiger partial charge in [-0.05, 0) is 36.8 Å². The average molecular weight is 447 g/mol. The highest BCUT2D eigenvalue weighted by Gasteiger charge is 2.12. The van der Waals surface area contributed by atoms with Crippen molar-refractivity contribution in [3.63, 3.8) is 0 Å². The number of anilines is 1. The molecular formula is C21H23ClN4O5. The van der Waals surface area contributed by atoms with Gasteiger partial charge in [-0.3, -0.25) is 14.4 Å². The molecule has 0 radical (unpaired) electrons. The molecule has 0 aromatic heterocycles. The summed E-state index contributed by atoms with van der Waals surface area (Å²) in [6.45, 7) is 2.12. The van der Waals surface area contributed by atoms with Crippen molar-refractivity contribution in [2.24, 2.45) is 5.10 Å². The number of aryl methyl sites for hydroxylation is 1. The SMILES string of the molecule is COCCNC(=O)C(=O)N/N=C\c1ccccc1OCC(=O)Nc1ccc(C)c(Cl)c1. The number of hydrogen-bond acceptors (Lipinski definition) is 6. The first kappa shape index (κ1) is 23.8. The Morgan fingerprint density at radius 2 is 1.90 bits per heavy atom. The molecule has 0 aliphatic carbocycles. The number of methoxy groups -OCH3 is 1. The van der Waals surface area contributed by atoms with Gasteiger partial charge < -0.3 is 20.1 Å². The Kier molecular flexibility index (Phi) is 9.47. The smallest absolute Gasteiger partial charge is 0.329 e. The van der Waals surface area contributed by atoms with Crippen molar-refractivity contribution in [1.82, 2.24) is 10.7 Å². The molecule has 0 unspecified atom stereocenters. The topological polar surface area (TPSA) is 118 Å². The second-order valence-electron chi connectivity index (χ2n) is 6.29. The Bertz CT molecular complexity index is 965. The molecule has 164 valence electrons. The number of hydrazone groups is 1. The number of rotatable bonds is 9. The molecule has 3 N–H and O–H groups in total. The van der Waals surface area contributed by atoms with E-state index in [1.165, 1.54) is 13.3 Å². The lowest BCUT2D eigenvalue weighted by Gasteiger charge is -2.10. The third kappa shape index (κ3) is 8.07. The third-order valence-electron chi connectivity index (χ3n) is 3.90. The van der Waals surface area contributed by atoms with Crippen LogP contribution in [0.15, 0.2) is 47.6 Å². The van der Waals surface area contributed by atoms with Crippen LogP contribution in [-0.2, 0) is 19.1 Å². The van der Waals surface area contributed by atoms with Gasteiger partial charge in [0.2, 0.25) is 0 Å². The number of nitrogens with one attached hydrogen (secondary N) is 3. The van der Waals surface area contributed by atoms with E-state index in [0.29, 0.717) is 22.0 Å². The molecule has 0 saturated heterocycles. The van der Waals surface area contributed by atoms with Gasteiger partial charge >= 0.3 is 11.8 Å². The molecule has 0 atom stereocenters. The lowest BCUT2D eigenvalue weighted by molar-refractivity contribution is -0.139. The van der Waals surface area contributed by atoms with Crippen LogP contribution in [-0.4, -0.2) is 50.8 Å². The Morgan fingerprint density at radius 3 is 2.65 bits per heavy atom. The minimum atomic E-state index is -0.915. The van der Waals surface area contributed by atoms with E-state index < -0.39 is 11.8 Å². The summed E-state index contributed by atoms with van der Waals surface area (Å²) in [6, 6.07) is 12.0. The average Bonchev–Trinajstić information content (AvgIpc) is 2.75. The van der Waals surface area contributed by atoms with E-state index in [4.69, 9.17) is 21.1 Å². The maximum absolute atomic E-state index is 12.2. The van der Waals surface area contributed by atoms with Crippen LogP contribution in [0.25, 0.3) is 0 Å². The number of ether oxygens (including phenoxy) is 2. The highest BCUT2D eigenvalue weighted by atomic mass is 35.5. The summed E-state index contributed by atoms with van der Waals surface area (Å²) < 4.78 is 10.3. The lowest BCUT2D eigenvalue weighted by Crippen LogP contribution is -2.39. The number of benzene rings is 2. The van der Waals surface area contributed by atoms with Gasteiger partial charge in [-0.2, -0.15) is 5.10 Å². The highest BCUT2D eigenvalue weighted by Crippen LogP contribution is 2.20. The number of nitrogens with zero attached hydrogens (tertiary/aromatic N) is 1. The van der Waals surface area contributed by atoms with E-state index in [2.05, 4.69) is 21.2 Å². The second kappa shape index (κ2) is 12.3. The number of para-hydroxylation sites is 1. The van der Waals surface area contributed by atoms with E-state index in [9.17, 15) is 14.4 Å². The summed E-state index contributed by atoms with van der Waals surface area (Å²) in [7, 11) is 1.48. The fourth-order valence-electron chi connectivity index (χ4n) is 2.29. The predicted molar refractivity (Wildman–Crippen MR) is 117 cm³/mol. The van der Waals surface area contributed by atoms with Gasteiger partial charge in [0.15, 0.2) is 6.61 Å². The minimum Gasteiger partial charge on any atom is -0.483 e. The fraction of sp³-hybridized carbons (Fsp3) is 0.238. The Balaban J connectivity index is 1.88. The summed E-state index contributed by atoms with van der Waals surface area (Å²) in [5, 5.41) is 9.38. The van der Waals surface area contributed by atoms with Gasteiger partial charge in [0.05, 0.1) is 12.8 Å². The normalized spacial score (nSPS) is 10.5. The number of carbonyl (C=O) groups excluding carboxylic acids is 3. The third-order valence-corrected chi connectivity index (χ3v) is 4.31. The van der Waals surface area contributed by atoms with Crippen LogP contribution in [0.1, 0.15) is 11.1 Å². The monoisotopic (exact) mass is 446 g/mol. The van der Waals surface area contributed by atoms with Crippen molar-refractivity contribution >= 4 is 41.2 Å². The van der Waals surface area contributed by atoms with Crippen molar-refractivity contribution in [2.45, 2.75) is 6.92 Å². The van der Waals surface area contributed by atoms with Crippen molar-refractivity contribution < 1.29 is 23.9 Å². The fourth-order valence-corrected chi connectivity index (χ4v) is 2.47. The first-order valence-electron chi connectivity index (χ1n) is 9.28. The zero-order chi connectivity index (χ0) is 22.6. The van der Waals surface area contributed by atoms with Crippen LogP contribution in [0.5, 0.6) is 5.75 Å². The first-order valence-corrected chi connectivity index (χ1v) is 9.66. The Labute approximate surface area is 184 Å². The van der Waals surface area contributed by atoms with Crippen LogP contribution in [0.3, 0.4) is 0 Å². The standard InChI is InChI=1S/C21H23ClN4O5/c1-14-7-8-16(11-17(14)22)25-19(27)13-31-18-6-4-3-5-15(18)12-24-26-21(29)20(28)23-9-10-30-2/h3-8,11-12H,9-10,13H2,1-2H3,(H,23,28)(H,25,27)(H,26,29)/b24-12-. The quantitative estimate of drug-likeness (QED) is 0.235. The van der Waals surface area contributed by atoms with Gasteiger partial charge in [0.1, 0.15) is 5.75 Å². The molecule has 0 fully saturated rings. The van der Waals surface area contributed by atoms with Crippen LogP contribution in [0, 0.1) is 6.92 Å². The summed E-state index contributed by atoms with van der Waals surface area (Å²) in [5.41, 5.74) is 4.10. The van der Waals surface area contributed by atoms with Gasteiger partial charge in [-0.25, -0.2) is 5.43 Å². The van der Waals surface area contributed by atoms with Gasteiger partial charge in [0.25, 0.3) is 5.91 Å². The summed E-state index contributed by atoms with van der Waals surface area (Å²) in [4.78, 5) is 35.4. The van der Waals surface area contributed by atoms with E-state index in [1.807, 2.05) is 6.92 Å². The maximum Gasteiger partial charge on any atom is 0.329 e. The van der Waals surface area contributed by atoms with Crippen molar-refractivity contribution in [3.8, 4) is 5.75 Å². The van der Waals surface area contributed by atoms with Crippen LogP contribution >= 0.6 is 11.6 Å². The molecule has 3 amide bonds. The first-order chi connectivity index (χ1) is 14.9. The molecule has 2 rings (SSSR count). The largest absolute Gasteiger partial charge is 0.483 e. The van der Waals surface area contributed by atoms with Gasteiger partial charge in [-0.15, -0.1) is 0 Å².